The molecule has 0 radical (unpaired) electrons. The molecule has 0 saturated carbocycles. The number of carbonyl (C=O) groups excluding carboxylic acids is 1. The maximum atomic E-state index is 14.1. The molecule has 0 aliphatic carbocycles. The molecule has 16 atom stereocenters. The van der Waals surface area contributed by atoms with Gasteiger partial charge < -0.3 is 43.3 Å². The number of hydrogen-bond donors (Lipinski definition) is 8. The van der Waals surface area contributed by atoms with Crippen molar-refractivity contribution in [3.63, 3.8) is 0 Å². The van der Waals surface area contributed by atoms with E-state index in [0.717, 1.165) is 69.0 Å². The number of ether oxygens (including phenoxy) is 5. The van der Waals surface area contributed by atoms with E-state index in [4.69, 9.17) is 59.9 Å². The van der Waals surface area contributed by atoms with Crippen LogP contribution in [0.25, 0.3) is 0 Å². The van der Waals surface area contributed by atoms with Gasteiger partial charge in [-0.3, -0.25) is 98.4 Å². The molecular formula is C53H78N8O30P4. The van der Waals surface area contributed by atoms with Crippen LogP contribution >= 0.6 is 31.3 Å². The smallest absolute Gasteiger partial charge is 0.378 e. The Morgan fingerprint density at radius 2 is 0.716 bits per heavy atom. The molecule has 0 spiro atoms. The summed E-state index contributed by atoms with van der Waals surface area (Å²) in [5.74, 6) is 0.211. The zero-order valence-corrected chi connectivity index (χ0v) is 56.0. The maximum Gasteiger partial charge on any atom is 0.472 e. The lowest BCUT2D eigenvalue weighted by Crippen LogP contribution is -2.33. The molecule has 4 unspecified atom stereocenters. The first-order chi connectivity index (χ1) is 44.7. The molecule has 38 nitrogen and oxygen atoms in total. The summed E-state index contributed by atoms with van der Waals surface area (Å²) in [4.78, 5) is 165. The molecule has 4 aromatic heterocycles. The van der Waals surface area contributed by atoms with Crippen molar-refractivity contribution in [2.24, 2.45) is 0 Å². The van der Waals surface area contributed by atoms with Gasteiger partial charge in [-0.1, -0.05) is 39.0 Å². The van der Waals surface area contributed by atoms with Gasteiger partial charge in [0.2, 0.25) is 0 Å². The van der Waals surface area contributed by atoms with Crippen LogP contribution < -0.4 is 45.0 Å². The molecule has 0 aromatic carbocycles. The Balaban J connectivity index is 0.944. The molecule has 4 saturated heterocycles. The highest BCUT2D eigenvalue weighted by Crippen LogP contribution is 2.54. The van der Waals surface area contributed by atoms with Gasteiger partial charge in [0.25, 0.3) is 22.2 Å². The monoisotopic (exact) mass is 1430 g/mol. The van der Waals surface area contributed by atoms with Gasteiger partial charge in [-0.05, 0) is 40.5 Å². The molecule has 4 aromatic rings. The largest absolute Gasteiger partial charge is 0.472 e. The van der Waals surface area contributed by atoms with Crippen LogP contribution in [0.5, 0.6) is 0 Å². The van der Waals surface area contributed by atoms with Gasteiger partial charge in [0.1, 0.15) is 73.4 Å². The average Bonchev–Trinajstić information content (AvgIpc) is 1.73. The number of unbranched alkanes of at least 4 members (excludes halogenated alkanes) is 6. The van der Waals surface area contributed by atoms with E-state index in [9.17, 15) is 81.0 Å². The zero-order valence-electron chi connectivity index (χ0n) is 52.4. The van der Waals surface area contributed by atoms with Crippen LogP contribution in [-0.4, -0.2) is 153 Å². The number of aromatic nitrogens is 8. The van der Waals surface area contributed by atoms with Crippen LogP contribution in [0.2, 0.25) is 0 Å². The van der Waals surface area contributed by atoms with Gasteiger partial charge in [0.15, 0.2) is 0 Å². The van der Waals surface area contributed by atoms with E-state index in [1.807, 2.05) is 6.92 Å². The Hall–Kier alpha value is -5.37. The highest BCUT2D eigenvalue weighted by Gasteiger charge is 2.49. The first-order valence-electron chi connectivity index (χ1n) is 30.3. The van der Waals surface area contributed by atoms with E-state index in [1.165, 1.54) is 41.0 Å². The number of aryl methyl sites for hydroxylation is 4. The predicted octanol–water partition coefficient (Wildman–Crippen LogP) is 2.33. The third kappa shape index (κ3) is 20.6. The summed E-state index contributed by atoms with van der Waals surface area (Å²) in [6, 6.07) is 0. The van der Waals surface area contributed by atoms with Crippen molar-refractivity contribution >= 4 is 37.1 Å². The molecule has 8 N–H and O–H groups in total. The first kappa shape index (κ1) is 75.4. The predicted molar refractivity (Wildman–Crippen MR) is 325 cm³/mol. The minimum atomic E-state index is -5.51. The summed E-state index contributed by atoms with van der Waals surface area (Å²) in [5.41, 5.74) is -6.40. The minimum Gasteiger partial charge on any atom is -0.378 e. The number of rotatable bonds is 35. The third-order valence-electron chi connectivity index (χ3n) is 16.0. The second kappa shape index (κ2) is 32.5. The molecular weight excluding hydrogens is 1350 g/mol. The van der Waals surface area contributed by atoms with E-state index >= 15 is 0 Å². The van der Waals surface area contributed by atoms with Crippen molar-refractivity contribution in [1.82, 2.24) is 38.2 Å². The van der Waals surface area contributed by atoms with Gasteiger partial charge in [-0.2, -0.15) is 0 Å². The van der Waals surface area contributed by atoms with Crippen molar-refractivity contribution in [3.8, 4) is 0 Å². The first-order valence-corrected chi connectivity index (χ1v) is 36.3. The van der Waals surface area contributed by atoms with Crippen molar-refractivity contribution in [2.75, 3.05) is 40.1 Å². The van der Waals surface area contributed by atoms with E-state index < -0.39 is 196 Å². The number of hydrogen-bond acceptors (Lipinski definition) is 26. The SMILES string of the molecule is CCC(=O)CCCCCCCCCOP(=O)(O)OC[C@H]1O[C@@H](n2cc(C)c(=O)[nH]c2=O)C[C@H]1OP(=O)(O)OC[C@H]1O[C@@H](n2cc(C)c(=O)[nH]c2=O)C[C@H]1OP(=O)(O)OC[C@H]1O[C@@H](n2cc(C)c(=O)[nH]c2=O)C[C@H]1OP(=O)(O)OC[C@H]1O[C@@H](n2cc(C)c(=O)[nH]c2=O)C[C@H]1OC. The summed E-state index contributed by atoms with van der Waals surface area (Å²) in [7, 11) is -19.7. The summed E-state index contributed by atoms with van der Waals surface area (Å²) in [5, 5.41) is 0. The molecule has 530 valence electrons. The number of aromatic amines is 4. The zero-order chi connectivity index (χ0) is 69.3. The molecule has 8 heterocycles. The van der Waals surface area contributed by atoms with Crippen LogP contribution in [0.1, 0.15) is 138 Å². The van der Waals surface area contributed by atoms with Crippen molar-refractivity contribution in [3.05, 3.63) is 130 Å². The van der Waals surface area contributed by atoms with E-state index in [-0.39, 0.29) is 41.1 Å². The molecule has 0 amide bonds. The van der Waals surface area contributed by atoms with Crippen LogP contribution in [0.3, 0.4) is 0 Å². The quantitative estimate of drug-likeness (QED) is 0.0242. The normalized spacial score (nSPS) is 27.1. The van der Waals surface area contributed by atoms with Crippen molar-refractivity contribution in [1.29, 1.82) is 0 Å². The Morgan fingerprint density at radius 3 is 1.02 bits per heavy atom. The van der Waals surface area contributed by atoms with Crippen LogP contribution in [-0.2, 0) is 82.9 Å². The van der Waals surface area contributed by atoms with Crippen LogP contribution in [0.4, 0.5) is 0 Å². The van der Waals surface area contributed by atoms with Crippen LogP contribution in [0.15, 0.2) is 63.1 Å². The molecule has 0 bridgehead atoms. The van der Waals surface area contributed by atoms with Gasteiger partial charge in [-0.25, -0.2) is 37.4 Å². The average molecular weight is 1430 g/mol. The number of methoxy groups -OCH3 is 1. The van der Waals surface area contributed by atoms with E-state index in [1.54, 1.807) is 0 Å². The Bertz CT molecular complexity index is 4070. The third-order valence-corrected chi connectivity index (χ3v) is 20.0. The lowest BCUT2D eigenvalue weighted by atomic mass is 10.1. The lowest BCUT2D eigenvalue weighted by molar-refractivity contribution is -0.118. The fourth-order valence-corrected chi connectivity index (χ4v) is 14.5. The number of H-pyrrole nitrogens is 4. The number of carbonyl (C=O) groups is 1. The number of ketones is 1. The molecule has 4 fully saturated rings. The van der Waals surface area contributed by atoms with E-state index in [0.29, 0.717) is 25.7 Å². The fraction of sp³-hybridized carbons (Fsp3) is 0.679. The Morgan fingerprint density at radius 1 is 0.442 bits per heavy atom. The second-order valence-electron chi connectivity index (χ2n) is 23.1. The number of nitrogens with zero attached hydrogens (tertiary/aromatic N) is 4. The number of nitrogens with one attached hydrogen (secondary N) is 4. The summed E-state index contributed by atoms with van der Waals surface area (Å²) in [6.07, 6.45) is -7.61. The molecule has 4 aliphatic rings. The minimum absolute atomic E-state index is 0.00358. The molecule has 4 aliphatic heterocycles. The number of phosphoric acid groups is 4. The molecule has 42 heteroatoms. The highest BCUT2D eigenvalue weighted by molar-refractivity contribution is 7.48. The van der Waals surface area contributed by atoms with Crippen molar-refractivity contribution < 1.29 is 103 Å². The van der Waals surface area contributed by atoms with Gasteiger partial charge in [0.05, 0.1) is 39.1 Å². The Labute approximate surface area is 538 Å². The summed E-state index contributed by atoms with van der Waals surface area (Å²) >= 11 is 0. The summed E-state index contributed by atoms with van der Waals surface area (Å²) < 4.78 is 131. The van der Waals surface area contributed by atoms with Crippen LogP contribution in [0, 0.1) is 27.7 Å². The molecule has 8 rings (SSSR count). The topological polar surface area (TPSA) is 506 Å². The Kier molecular flexibility index (Phi) is 25.8. The van der Waals surface area contributed by atoms with Gasteiger partial charge in [-0.15, -0.1) is 0 Å². The summed E-state index contributed by atoms with van der Waals surface area (Å²) in [6.45, 7) is 3.53. The highest BCUT2D eigenvalue weighted by atomic mass is 31.2. The maximum absolute atomic E-state index is 14.1. The van der Waals surface area contributed by atoms with Gasteiger partial charge >= 0.3 is 54.0 Å². The number of Topliss-reactive ketones (excluding diaryl/α,β-unsaturated/α-hetero) is 1. The number of phosphoric ester groups is 4. The van der Waals surface area contributed by atoms with E-state index in [2.05, 4.69) is 19.9 Å². The fourth-order valence-electron chi connectivity index (χ4n) is 10.8. The standard InChI is InChI=1S/C53H78N8O30P4/c1-7-33(62)15-13-11-9-8-10-12-14-16-80-92(71,72)81-26-39-35(18-43(86-39)59-22-30(3)47(64)55-51(59)68)89-94(75,76)83-28-41-37(20-45(88-41)61-24-32(5)49(66)57-53(61)70)91-95(77,78)84-27-40-36(19-44(87-40)60-23-31(4)48(65)56-52(60)69)90-93(73,74)82-25-38-34(79-6)17-42(85-38)58-21-29(2)46(63)54-50(58)67/h21-24,34-45H,7-20,25-28H2,1-6H3,(H,71,72)(H,73,74)(H,75,76)(H,77,78)(H,54,63,67)(H,55,64,68)(H,56,65,69)(H,57,66,70)/t34-,35-,36-,37-,38-,39-,40-,41-,42-,43-,44-,45-/m1/s1. The second-order valence-corrected chi connectivity index (χ2v) is 28.8. The van der Waals surface area contributed by atoms with Gasteiger partial charge in [0, 0.05) is 92.7 Å². The lowest BCUT2D eigenvalue weighted by Gasteiger charge is -2.25. The molecule has 95 heavy (non-hydrogen) atoms. The van der Waals surface area contributed by atoms with Crippen molar-refractivity contribution in [2.45, 2.75) is 192 Å².